The molecule has 0 aliphatic heterocycles. The molecular formula is C21H18BrIN2O4. The van der Waals surface area contributed by atoms with Gasteiger partial charge in [-0.2, -0.15) is 5.26 Å². The number of nitriles is 1. The Morgan fingerprint density at radius 2 is 1.90 bits per heavy atom. The number of halogens is 2. The lowest BCUT2D eigenvalue weighted by molar-refractivity contribution is -0.112. The lowest BCUT2D eigenvalue weighted by atomic mass is 10.1. The summed E-state index contributed by atoms with van der Waals surface area (Å²) in [5, 5.41) is 12.1. The van der Waals surface area contributed by atoms with E-state index in [2.05, 4.69) is 43.8 Å². The topological polar surface area (TPSA) is 88.4 Å². The molecule has 0 heterocycles. The van der Waals surface area contributed by atoms with Crippen LogP contribution in [0.25, 0.3) is 6.08 Å². The van der Waals surface area contributed by atoms with Gasteiger partial charge in [-0.1, -0.05) is 0 Å². The maximum atomic E-state index is 12.5. The van der Waals surface area contributed by atoms with Crippen LogP contribution in [0, 0.1) is 14.9 Å². The fourth-order valence-electron chi connectivity index (χ4n) is 2.36. The fraction of sp³-hybridized carbons (Fsp3) is 0.190. The van der Waals surface area contributed by atoms with Crippen molar-refractivity contribution < 1.29 is 19.1 Å². The average molecular weight is 569 g/mol. The second-order valence-corrected chi connectivity index (χ2v) is 7.68. The zero-order valence-electron chi connectivity index (χ0n) is 15.8. The zero-order valence-corrected chi connectivity index (χ0v) is 19.5. The van der Waals surface area contributed by atoms with Crippen molar-refractivity contribution in [3.05, 3.63) is 61.1 Å². The van der Waals surface area contributed by atoms with Gasteiger partial charge in [-0.05, 0) is 100 Å². The van der Waals surface area contributed by atoms with Gasteiger partial charge in [-0.3, -0.25) is 4.79 Å². The highest BCUT2D eigenvalue weighted by Gasteiger charge is 2.13. The highest BCUT2D eigenvalue weighted by Crippen LogP contribution is 2.32. The van der Waals surface area contributed by atoms with Crippen LogP contribution in [0.4, 0.5) is 5.69 Å². The standard InChI is InChI=1S/C21H18BrIN2O4/c1-3-28-19-17(22)10-13(11-18(19)23)9-15(12-24)20(26)25-16-7-5-14(6-8-16)21(27)29-4-2/h5-11H,3-4H2,1-2H3,(H,25,26)/b15-9+. The number of carbonyl (C=O) groups is 2. The molecule has 0 bridgehead atoms. The maximum Gasteiger partial charge on any atom is 0.338 e. The van der Waals surface area contributed by atoms with Gasteiger partial charge in [-0.15, -0.1) is 0 Å². The molecule has 0 aliphatic carbocycles. The van der Waals surface area contributed by atoms with E-state index in [1.54, 1.807) is 37.3 Å². The van der Waals surface area contributed by atoms with Crippen molar-refractivity contribution in [3.8, 4) is 11.8 Å². The van der Waals surface area contributed by atoms with Gasteiger partial charge < -0.3 is 14.8 Å². The van der Waals surface area contributed by atoms with Crippen LogP contribution in [0.2, 0.25) is 0 Å². The molecule has 2 aromatic rings. The first-order chi connectivity index (χ1) is 13.9. The van der Waals surface area contributed by atoms with Gasteiger partial charge in [-0.25, -0.2) is 4.79 Å². The molecule has 0 aliphatic rings. The van der Waals surface area contributed by atoms with Crippen molar-refractivity contribution in [2.45, 2.75) is 13.8 Å². The van der Waals surface area contributed by atoms with Gasteiger partial charge in [0.15, 0.2) is 0 Å². The van der Waals surface area contributed by atoms with Crippen LogP contribution in [0.15, 0.2) is 46.4 Å². The van der Waals surface area contributed by atoms with E-state index in [4.69, 9.17) is 9.47 Å². The van der Waals surface area contributed by atoms with E-state index in [9.17, 15) is 14.9 Å². The molecule has 0 radical (unpaired) electrons. The molecule has 2 rings (SSSR count). The summed E-state index contributed by atoms with van der Waals surface area (Å²) in [7, 11) is 0. The number of hydrogen-bond acceptors (Lipinski definition) is 5. The Morgan fingerprint density at radius 3 is 2.45 bits per heavy atom. The van der Waals surface area contributed by atoms with Crippen molar-refractivity contribution in [1.82, 2.24) is 0 Å². The fourth-order valence-corrected chi connectivity index (χ4v) is 4.13. The Bertz CT molecular complexity index is 958. The summed E-state index contributed by atoms with van der Waals surface area (Å²) in [5.41, 5.74) is 1.49. The molecule has 1 amide bonds. The number of esters is 1. The first kappa shape index (κ1) is 22.9. The second kappa shape index (κ2) is 11.0. The van der Waals surface area contributed by atoms with Crippen LogP contribution in [0.3, 0.4) is 0 Å². The first-order valence-corrected chi connectivity index (χ1v) is 10.6. The summed E-state index contributed by atoms with van der Waals surface area (Å²) < 4.78 is 12.1. The third-order valence-electron chi connectivity index (χ3n) is 3.64. The molecular weight excluding hydrogens is 551 g/mol. The highest BCUT2D eigenvalue weighted by molar-refractivity contribution is 14.1. The predicted molar refractivity (Wildman–Crippen MR) is 123 cm³/mol. The summed E-state index contributed by atoms with van der Waals surface area (Å²) in [6.07, 6.45) is 1.50. The Labute approximate surface area is 191 Å². The molecule has 0 saturated carbocycles. The maximum absolute atomic E-state index is 12.5. The molecule has 6 nitrogen and oxygen atoms in total. The molecule has 0 saturated heterocycles. The van der Waals surface area contributed by atoms with E-state index < -0.39 is 11.9 Å². The number of ether oxygens (including phenoxy) is 2. The predicted octanol–water partition coefficient (Wildman–Crippen LogP) is 5.17. The van der Waals surface area contributed by atoms with E-state index in [1.807, 2.05) is 19.1 Å². The number of rotatable bonds is 7. The third kappa shape index (κ3) is 6.30. The number of anilines is 1. The Morgan fingerprint density at radius 1 is 1.21 bits per heavy atom. The molecule has 0 unspecified atom stereocenters. The number of carbonyl (C=O) groups excluding carboxylic acids is 2. The summed E-state index contributed by atoms with van der Waals surface area (Å²) in [6.45, 7) is 4.44. The molecule has 0 aromatic heterocycles. The minimum Gasteiger partial charge on any atom is -0.492 e. The van der Waals surface area contributed by atoms with Crippen molar-refractivity contribution >= 4 is 62.2 Å². The van der Waals surface area contributed by atoms with E-state index in [0.29, 0.717) is 23.4 Å². The molecule has 150 valence electrons. The normalized spacial score (nSPS) is 10.8. The van der Waals surface area contributed by atoms with Crippen molar-refractivity contribution in [2.75, 3.05) is 18.5 Å². The average Bonchev–Trinajstić information content (AvgIpc) is 2.69. The molecule has 0 atom stereocenters. The van der Waals surface area contributed by atoms with Crippen LogP contribution in [0.1, 0.15) is 29.8 Å². The van der Waals surface area contributed by atoms with Crippen LogP contribution in [0.5, 0.6) is 5.75 Å². The van der Waals surface area contributed by atoms with Crippen LogP contribution in [-0.2, 0) is 9.53 Å². The summed E-state index contributed by atoms with van der Waals surface area (Å²) in [4.78, 5) is 24.2. The van der Waals surface area contributed by atoms with Crippen LogP contribution < -0.4 is 10.1 Å². The lowest BCUT2D eigenvalue weighted by Gasteiger charge is -2.10. The Hall–Kier alpha value is -2.38. The number of nitrogens with one attached hydrogen (secondary N) is 1. The summed E-state index contributed by atoms with van der Waals surface area (Å²) in [6, 6.07) is 11.8. The largest absolute Gasteiger partial charge is 0.492 e. The molecule has 1 N–H and O–H groups in total. The Kier molecular flexibility index (Phi) is 8.67. The minimum atomic E-state index is -0.545. The molecule has 29 heavy (non-hydrogen) atoms. The van der Waals surface area contributed by atoms with E-state index in [-0.39, 0.29) is 12.2 Å². The number of benzene rings is 2. The molecule has 2 aromatic carbocycles. The second-order valence-electron chi connectivity index (χ2n) is 5.67. The van der Waals surface area contributed by atoms with Gasteiger partial charge in [0.05, 0.1) is 26.8 Å². The van der Waals surface area contributed by atoms with E-state index >= 15 is 0 Å². The summed E-state index contributed by atoms with van der Waals surface area (Å²) in [5.74, 6) is -0.259. The smallest absolute Gasteiger partial charge is 0.338 e. The third-order valence-corrected chi connectivity index (χ3v) is 5.03. The quantitative estimate of drug-likeness (QED) is 0.215. The Balaban J connectivity index is 2.18. The highest BCUT2D eigenvalue weighted by atomic mass is 127. The van der Waals surface area contributed by atoms with Crippen LogP contribution in [-0.4, -0.2) is 25.1 Å². The monoisotopic (exact) mass is 568 g/mol. The van der Waals surface area contributed by atoms with E-state index in [0.717, 1.165) is 13.8 Å². The van der Waals surface area contributed by atoms with Gasteiger partial charge in [0, 0.05) is 5.69 Å². The summed E-state index contributed by atoms with van der Waals surface area (Å²) >= 11 is 5.59. The molecule has 0 fully saturated rings. The SMILES string of the molecule is CCOC(=O)c1ccc(NC(=O)/C(C#N)=C/c2cc(Br)c(OCC)c(I)c2)cc1. The van der Waals surface area contributed by atoms with Crippen LogP contribution >= 0.6 is 38.5 Å². The van der Waals surface area contributed by atoms with Gasteiger partial charge in [0.25, 0.3) is 5.91 Å². The van der Waals surface area contributed by atoms with Gasteiger partial charge >= 0.3 is 5.97 Å². The first-order valence-electron chi connectivity index (χ1n) is 8.71. The number of nitrogens with zero attached hydrogens (tertiary/aromatic N) is 1. The lowest BCUT2D eigenvalue weighted by Crippen LogP contribution is -2.13. The molecule has 8 heteroatoms. The molecule has 0 spiro atoms. The van der Waals surface area contributed by atoms with Gasteiger partial charge in [0.2, 0.25) is 0 Å². The van der Waals surface area contributed by atoms with Crippen molar-refractivity contribution in [3.63, 3.8) is 0 Å². The van der Waals surface area contributed by atoms with Crippen molar-refractivity contribution in [2.24, 2.45) is 0 Å². The number of hydrogen-bond donors (Lipinski definition) is 1. The minimum absolute atomic E-state index is 0.0497. The van der Waals surface area contributed by atoms with E-state index in [1.165, 1.54) is 6.08 Å². The number of amides is 1. The van der Waals surface area contributed by atoms with Crippen molar-refractivity contribution in [1.29, 1.82) is 5.26 Å². The van der Waals surface area contributed by atoms with Gasteiger partial charge in [0.1, 0.15) is 17.4 Å². The zero-order chi connectivity index (χ0) is 21.4.